The summed E-state index contributed by atoms with van der Waals surface area (Å²) in [7, 11) is 1.70. The van der Waals surface area contributed by atoms with E-state index in [2.05, 4.69) is 44.8 Å². The monoisotopic (exact) mass is 552 g/mol. The van der Waals surface area contributed by atoms with Crippen molar-refractivity contribution >= 4 is 25.4 Å². The molecule has 5 rings (SSSR count). The Hall–Kier alpha value is -3.35. The van der Waals surface area contributed by atoms with Gasteiger partial charge in [0.15, 0.2) is 0 Å². The van der Waals surface area contributed by atoms with E-state index >= 15 is 0 Å². The molecule has 2 aliphatic carbocycles. The van der Waals surface area contributed by atoms with E-state index in [0.717, 1.165) is 42.9 Å². The Morgan fingerprint density at radius 3 is 2.30 bits per heavy atom. The van der Waals surface area contributed by atoms with Crippen LogP contribution in [-0.2, 0) is 32.1 Å². The molecule has 4 atom stereocenters. The summed E-state index contributed by atoms with van der Waals surface area (Å²) in [6.07, 6.45) is 7.76. The number of benzene rings is 1. The highest BCUT2D eigenvalue weighted by Crippen LogP contribution is 2.58. The molecule has 4 unspecified atom stereocenters. The van der Waals surface area contributed by atoms with Crippen LogP contribution in [0.15, 0.2) is 42.7 Å². The number of carbonyl (C=O) groups is 4. The van der Waals surface area contributed by atoms with Crippen LogP contribution in [0.5, 0.6) is 5.75 Å². The van der Waals surface area contributed by atoms with Gasteiger partial charge in [0.1, 0.15) is 19.3 Å². The number of fused-ring (bicyclic) bond motifs is 5. The lowest BCUT2D eigenvalue weighted by Gasteiger charge is -2.54. The van der Waals surface area contributed by atoms with Crippen molar-refractivity contribution in [2.45, 2.75) is 86.1 Å². The number of aryl methyl sites for hydroxylation is 1. The lowest BCUT2D eigenvalue weighted by Crippen LogP contribution is -2.58. The van der Waals surface area contributed by atoms with Crippen LogP contribution < -0.4 is 4.74 Å². The van der Waals surface area contributed by atoms with E-state index in [9.17, 15) is 9.59 Å². The highest BCUT2D eigenvalue weighted by Gasteiger charge is 2.57. The fraction of sp³-hybridized carbons (Fsp3) is 0.545. The number of piperidine rings is 1. The highest BCUT2D eigenvalue weighted by molar-refractivity contribution is 6.01. The molecule has 0 spiro atoms. The Bertz CT molecular complexity index is 1070. The van der Waals surface area contributed by atoms with Crippen LogP contribution in [0.3, 0.4) is 0 Å². The third-order valence-electron chi connectivity index (χ3n) is 7.82. The average Bonchev–Trinajstić information content (AvgIpc) is 2.99. The Kier molecular flexibility index (Phi) is 14.5. The van der Waals surface area contributed by atoms with Crippen LogP contribution in [0.2, 0.25) is 0 Å². The Morgan fingerprint density at radius 1 is 1.07 bits per heavy atom. The van der Waals surface area contributed by atoms with Gasteiger partial charge < -0.3 is 14.3 Å². The number of rotatable bonds is 3. The number of amides is 2. The van der Waals surface area contributed by atoms with Gasteiger partial charge in [0.25, 0.3) is 0 Å². The van der Waals surface area contributed by atoms with E-state index in [4.69, 9.17) is 14.3 Å². The molecule has 0 bridgehead atoms. The van der Waals surface area contributed by atoms with Gasteiger partial charge in [-0.25, -0.2) is 0 Å². The maximum atomic E-state index is 13.6. The standard InChI is InChI=1S/C25H28N2O3.C4H10.C2H6.2CH2O/c1-25-10-9-20-19-8-6-18(30-2)12-17(19)5-7-21(20)22(25)13-23(28)27(24(25)29)15-16-4-3-11-26-14-16;1-4(2)3;3*1-2/h3-4,6,8,11-12,14,20-22H,5,7,9-10,13,15H2,1-2H3;4H,1-3H3;1-2H3;2*1H2. The molecule has 1 aromatic heterocycles. The summed E-state index contributed by atoms with van der Waals surface area (Å²) in [5, 5.41) is 0. The second-order valence-corrected chi connectivity index (χ2v) is 11.0. The van der Waals surface area contributed by atoms with Gasteiger partial charge in [-0.15, -0.1) is 0 Å². The van der Waals surface area contributed by atoms with Crippen LogP contribution in [0, 0.1) is 23.2 Å². The topological polar surface area (TPSA) is 93.6 Å². The third kappa shape index (κ3) is 7.86. The number of ether oxygens (including phenoxy) is 1. The lowest BCUT2D eigenvalue weighted by atomic mass is 9.52. The molecule has 220 valence electrons. The Balaban J connectivity index is 0.000000712. The van der Waals surface area contributed by atoms with Crippen molar-refractivity contribution in [2.75, 3.05) is 7.11 Å². The maximum Gasteiger partial charge on any atom is 0.235 e. The molecule has 1 aliphatic heterocycles. The molecule has 0 N–H and O–H groups in total. The van der Waals surface area contributed by atoms with Crippen LogP contribution in [-0.4, -0.2) is 42.4 Å². The van der Waals surface area contributed by atoms with Gasteiger partial charge in [-0.3, -0.25) is 19.5 Å². The van der Waals surface area contributed by atoms with Crippen molar-refractivity contribution in [1.29, 1.82) is 0 Å². The highest BCUT2D eigenvalue weighted by atomic mass is 16.5. The van der Waals surface area contributed by atoms with Crippen molar-refractivity contribution in [1.82, 2.24) is 9.88 Å². The summed E-state index contributed by atoms with van der Waals surface area (Å²) in [6, 6.07) is 10.2. The fourth-order valence-electron chi connectivity index (χ4n) is 6.20. The number of carbonyl (C=O) groups excluding carboxylic acids is 4. The smallest absolute Gasteiger partial charge is 0.235 e. The first kappa shape index (κ1) is 34.7. The number of likely N-dealkylation sites (tertiary alicyclic amines) is 1. The first-order valence-electron chi connectivity index (χ1n) is 14.2. The first-order chi connectivity index (χ1) is 19.2. The normalized spacial score (nSPS) is 24.0. The van der Waals surface area contributed by atoms with Crippen molar-refractivity contribution < 1.29 is 23.9 Å². The van der Waals surface area contributed by atoms with E-state index in [0.29, 0.717) is 24.8 Å². The number of hydrogen-bond acceptors (Lipinski definition) is 6. The zero-order valence-corrected chi connectivity index (χ0v) is 25.4. The molecule has 2 aromatic rings. The molecule has 7 nitrogen and oxygen atoms in total. The van der Waals surface area contributed by atoms with E-state index in [1.54, 1.807) is 19.5 Å². The zero-order valence-electron chi connectivity index (χ0n) is 25.4. The molecule has 1 aromatic carbocycles. The molecule has 2 amide bonds. The van der Waals surface area contributed by atoms with Gasteiger partial charge in [-0.1, -0.05) is 53.7 Å². The van der Waals surface area contributed by atoms with Crippen molar-refractivity contribution in [3.8, 4) is 5.75 Å². The van der Waals surface area contributed by atoms with Gasteiger partial charge >= 0.3 is 0 Å². The van der Waals surface area contributed by atoms with Gasteiger partial charge in [0.2, 0.25) is 11.8 Å². The Labute approximate surface area is 240 Å². The molecule has 40 heavy (non-hydrogen) atoms. The largest absolute Gasteiger partial charge is 0.497 e. The third-order valence-corrected chi connectivity index (χ3v) is 7.82. The summed E-state index contributed by atoms with van der Waals surface area (Å²) in [6.45, 7) is 16.9. The van der Waals surface area contributed by atoms with Crippen LogP contribution in [0.4, 0.5) is 0 Å². The molecule has 7 heteroatoms. The lowest BCUT2D eigenvalue weighted by molar-refractivity contribution is -0.168. The van der Waals surface area contributed by atoms with Crippen molar-refractivity contribution in [3.05, 3.63) is 59.4 Å². The molecular formula is C33H48N2O5. The van der Waals surface area contributed by atoms with Crippen LogP contribution in [0.1, 0.15) is 89.8 Å². The number of pyridine rings is 1. The molecule has 1 saturated carbocycles. The number of nitrogens with zero attached hydrogens (tertiary/aromatic N) is 2. The predicted octanol–water partition coefficient (Wildman–Crippen LogP) is 6.43. The summed E-state index contributed by atoms with van der Waals surface area (Å²) >= 11 is 0. The number of hydrogen-bond donors (Lipinski definition) is 0. The molecule has 3 aliphatic rings. The molecule has 1 saturated heterocycles. The summed E-state index contributed by atoms with van der Waals surface area (Å²) in [5.41, 5.74) is 3.20. The molecule has 2 heterocycles. The minimum atomic E-state index is -0.457. The van der Waals surface area contributed by atoms with Crippen molar-refractivity contribution in [3.63, 3.8) is 0 Å². The molecule has 0 radical (unpaired) electrons. The summed E-state index contributed by atoms with van der Waals surface area (Å²) in [4.78, 5) is 48.3. The van der Waals surface area contributed by atoms with E-state index in [-0.39, 0.29) is 17.7 Å². The van der Waals surface area contributed by atoms with Gasteiger partial charge in [0, 0.05) is 18.8 Å². The summed E-state index contributed by atoms with van der Waals surface area (Å²) in [5.74, 6) is 2.65. The minimum absolute atomic E-state index is 0.00609. The van der Waals surface area contributed by atoms with E-state index < -0.39 is 5.41 Å². The summed E-state index contributed by atoms with van der Waals surface area (Å²) < 4.78 is 5.41. The number of methoxy groups -OCH3 is 1. The minimum Gasteiger partial charge on any atom is -0.497 e. The SMILES string of the molecule is C=O.C=O.CC.CC(C)C.COc1ccc2c(c1)CCC1C2CCC2(C)C(=O)N(Cc3cccnc3)C(=O)CC12. The number of aromatic nitrogens is 1. The van der Waals surface area contributed by atoms with E-state index in [1.165, 1.54) is 16.0 Å². The maximum absolute atomic E-state index is 13.6. The zero-order chi connectivity index (χ0) is 30.5. The van der Waals surface area contributed by atoms with E-state index in [1.807, 2.05) is 45.6 Å². The van der Waals surface area contributed by atoms with Gasteiger partial charge in [0.05, 0.1) is 19.1 Å². The van der Waals surface area contributed by atoms with Gasteiger partial charge in [-0.05, 0) is 84.2 Å². The Morgan fingerprint density at radius 2 is 1.73 bits per heavy atom. The first-order valence-corrected chi connectivity index (χ1v) is 14.2. The molecular weight excluding hydrogens is 504 g/mol. The second kappa shape index (κ2) is 16.7. The molecule has 2 fully saturated rings. The van der Waals surface area contributed by atoms with Crippen molar-refractivity contribution in [2.24, 2.45) is 23.2 Å². The number of imide groups is 1. The van der Waals surface area contributed by atoms with Crippen LogP contribution in [0.25, 0.3) is 0 Å². The average molecular weight is 553 g/mol. The second-order valence-electron chi connectivity index (χ2n) is 11.0. The predicted molar refractivity (Wildman–Crippen MR) is 159 cm³/mol. The quantitative estimate of drug-likeness (QED) is 0.407. The van der Waals surface area contributed by atoms with Crippen LogP contribution >= 0.6 is 0 Å². The fourth-order valence-corrected chi connectivity index (χ4v) is 6.20. The van der Waals surface area contributed by atoms with Gasteiger partial charge in [-0.2, -0.15) is 0 Å².